The molecule has 2 atom stereocenters. The van der Waals surface area contributed by atoms with Crippen LogP contribution in [0.25, 0.3) is 0 Å². The number of likely N-dealkylation sites (N-methyl/N-ethyl adjacent to an activating group) is 1. The summed E-state index contributed by atoms with van der Waals surface area (Å²) in [5.74, 6) is -0.482. The summed E-state index contributed by atoms with van der Waals surface area (Å²) in [6, 6.07) is 10.1. The van der Waals surface area contributed by atoms with Crippen molar-refractivity contribution in [2.24, 2.45) is 0 Å². The number of carboxylic acid groups (broad SMARTS) is 1. The van der Waals surface area contributed by atoms with Crippen molar-refractivity contribution in [2.75, 3.05) is 25.5 Å². The van der Waals surface area contributed by atoms with Crippen LogP contribution in [0.4, 0.5) is 5.82 Å². The van der Waals surface area contributed by atoms with Gasteiger partial charge in [0.2, 0.25) is 5.91 Å². The third-order valence-corrected chi connectivity index (χ3v) is 5.50. The Balaban J connectivity index is 1.62. The van der Waals surface area contributed by atoms with Crippen LogP contribution in [0.5, 0.6) is 0 Å². The molecule has 158 valence electrons. The number of pyridine rings is 1. The van der Waals surface area contributed by atoms with Gasteiger partial charge in [0.15, 0.2) is 0 Å². The largest absolute Gasteiger partial charge is 0.478 e. The van der Waals surface area contributed by atoms with E-state index in [4.69, 9.17) is 5.11 Å². The van der Waals surface area contributed by atoms with Crippen LogP contribution < -0.4 is 5.32 Å². The lowest BCUT2D eigenvalue weighted by Gasteiger charge is -2.23. The zero-order chi connectivity index (χ0) is 21.8. The standard InChI is InChI=1S/C22H26N4O4/c1-14(16-5-4-6-17(11-16)22(29)30)24-20-8-7-18(12-23-20)21(28)26-10-9-19(13-26)25(3)15(2)27/h4-8,11-12,14,19H,9-10,13H2,1-3H3,(H,23,24)(H,29,30)/t14?,19-/m0/s1. The average Bonchev–Trinajstić information content (AvgIpc) is 3.23. The van der Waals surface area contributed by atoms with Gasteiger partial charge in [-0.25, -0.2) is 9.78 Å². The number of benzene rings is 1. The van der Waals surface area contributed by atoms with Crippen LogP contribution in [-0.2, 0) is 4.79 Å². The van der Waals surface area contributed by atoms with Gasteiger partial charge in [-0.2, -0.15) is 0 Å². The molecule has 0 spiro atoms. The Labute approximate surface area is 175 Å². The van der Waals surface area contributed by atoms with Crippen LogP contribution in [0.15, 0.2) is 42.6 Å². The predicted molar refractivity (Wildman–Crippen MR) is 112 cm³/mol. The summed E-state index contributed by atoms with van der Waals surface area (Å²) >= 11 is 0. The lowest BCUT2D eigenvalue weighted by Crippen LogP contribution is -2.38. The second-order valence-electron chi connectivity index (χ2n) is 7.55. The van der Waals surface area contributed by atoms with Crippen molar-refractivity contribution < 1.29 is 19.5 Å². The molecule has 2 N–H and O–H groups in total. The second-order valence-corrected chi connectivity index (χ2v) is 7.55. The van der Waals surface area contributed by atoms with Gasteiger partial charge in [-0.1, -0.05) is 12.1 Å². The third-order valence-electron chi connectivity index (χ3n) is 5.50. The van der Waals surface area contributed by atoms with E-state index in [1.165, 1.54) is 13.1 Å². The highest BCUT2D eigenvalue weighted by atomic mass is 16.4. The first-order valence-corrected chi connectivity index (χ1v) is 9.84. The Bertz CT molecular complexity index is 944. The van der Waals surface area contributed by atoms with Gasteiger partial charge in [-0.05, 0) is 43.2 Å². The number of aromatic carboxylic acids is 1. The zero-order valence-corrected chi connectivity index (χ0v) is 17.3. The maximum absolute atomic E-state index is 12.7. The fourth-order valence-corrected chi connectivity index (χ4v) is 3.53. The Morgan fingerprint density at radius 3 is 2.63 bits per heavy atom. The topological polar surface area (TPSA) is 103 Å². The van der Waals surface area contributed by atoms with E-state index in [-0.39, 0.29) is 29.5 Å². The number of carboxylic acids is 1. The maximum atomic E-state index is 12.7. The number of nitrogens with one attached hydrogen (secondary N) is 1. The molecule has 1 aromatic carbocycles. The highest BCUT2D eigenvalue weighted by Crippen LogP contribution is 2.21. The molecule has 1 aliphatic rings. The molecule has 2 amide bonds. The van der Waals surface area contributed by atoms with Crippen molar-refractivity contribution in [3.05, 3.63) is 59.3 Å². The van der Waals surface area contributed by atoms with Crippen LogP contribution in [0, 0.1) is 0 Å². The molecule has 1 saturated heterocycles. The summed E-state index contributed by atoms with van der Waals surface area (Å²) in [4.78, 5) is 43.2. The average molecular weight is 410 g/mol. The monoisotopic (exact) mass is 410 g/mol. The number of aromatic nitrogens is 1. The Hall–Kier alpha value is -3.42. The van der Waals surface area contributed by atoms with E-state index in [1.807, 2.05) is 13.0 Å². The van der Waals surface area contributed by atoms with Crippen molar-refractivity contribution in [2.45, 2.75) is 32.4 Å². The number of likely N-dealkylation sites (tertiary alicyclic amines) is 1. The summed E-state index contributed by atoms with van der Waals surface area (Å²) in [5, 5.41) is 12.4. The minimum atomic E-state index is -0.969. The molecule has 0 radical (unpaired) electrons. The fourth-order valence-electron chi connectivity index (χ4n) is 3.53. The molecule has 0 aliphatic carbocycles. The summed E-state index contributed by atoms with van der Waals surface area (Å²) in [7, 11) is 1.76. The number of amides is 2. The first-order valence-electron chi connectivity index (χ1n) is 9.84. The predicted octanol–water partition coefficient (Wildman–Crippen LogP) is 2.65. The minimum absolute atomic E-state index is 0.00518. The Kier molecular flexibility index (Phi) is 6.34. The van der Waals surface area contributed by atoms with Crippen LogP contribution in [0.2, 0.25) is 0 Å². The van der Waals surface area contributed by atoms with Gasteiger partial charge in [0, 0.05) is 39.3 Å². The van der Waals surface area contributed by atoms with Crippen LogP contribution in [0.1, 0.15) is 52.6 Å². The van der Waals surface area contributed by atoms with Gasteiger partial charge < -0.3 is 20.2 Å². The van der Waals surface area contributed by atoms with Crippen molar-refractivity contribution >= 4 is 23.6 Å². The molecule has 1 aliphatic heterocycles. The van der Waals surface area contributed by atoms with Crippen LogP contribution >= 0.6 is 0 Å². The molecule has 8 heteroatoms. The number of rotatable bonds is 6. The molecule has 2 aromatic rings. The van der Waals surface area contributed by atoms with Gasteiger partial charge >= 0.3 is 5.97 Å². The van der Waals surface area contributed by atoms with Crippen molar-refractivity contribution in [1.82, 2.24) is 14.8 Å². The van der Waals surface area contributed by atoms with Crippen molar-refractivity contribution in [3.8, 4) is 0 Å². The second kappa shape index (κ2) is 8.94. The molecule has 0 bridgehead atoms. The number of carbonyl (C=O) groups excluding carboxylic acids is 2. The third kappa shape index (κ3) is 4.76. The number of hydrogen-bond acceptors (Lipinski definition) is 5. The summed E-state index contributed by atoms with van der Waals surface area (Å²) in [6.45, 7) is 4.57. The van der Waals surface area contributed by atoms with Gasteiger partial charge in [-0.15, -0.1) is 0 Å². The molecule has 1 aromatic heterocycles. The minimum Gasteiger partial charge on any atom is -0.478 e. The Morgan fingerprint density at radius 1 is 1.23 bits per heavy atom. The summed E-state index contributed by atoms with van der Waals surface area (Å²) in [6.07, 6.45) is 2.30. The van der Waals surface area contributed by atoms with Gasteiger partial charge in [-0.3, -0.25) is 9.59 Å². The van der Waals surface area contributed by atoms with E-state index in [2.05, 4.69) is 10.3 Å². The van der Waals surface area contributed by atoms with Crippen LogP contribution in [0.3, 0.4) is 0 Å². The SMILES string of the molecule is CC(=O)N(C)[C@H]1CCN(C(=O)c2ccc(NC(C)c3cccc(C(=O)O)c3)nc2)C1. The lowest BCUT2D eigenvalue weighted by molar-refractivity contribution is -0.129. The van der Waals surface area contributed by atoms with Gasteiger partial charge in [0.1, 0.15) is 5.82 Å². The smallest absolute Gasteiger partial charge is 0.335 e. The van der Waals surface area contributed by atoms with E-state index < -0.39 is 5.97 Å². The molecule has 1 unspecified atom stereocenters. The Morgan fingerprint density at radius 2 is 2.00 bits per heavy atom. The maximum Gasteiger partial charge on any atom is 0.335 e. The van der Waals surface area contributed by atoms with Gasteiger partial charge in [0.25, 0.3) is 5.91 Å². The normalized spacial score (nSPS) is 16.8. The molecular formula is C22H26N4O4. The highest BCUT2D eigenvalue weighted by molar-refractivity contribution is 5.94. The quantitative estimate of drug-likeness (QED) is 0.759. The summed E-state index contributed by atoms with van der Waals surface area (Å²) in [5.41, 5.74) is 1.55. The zero-order valence-electron chi connectivity index (χ0n) is 17.3. The van der Waals surface area contributed by atoms with E-state index in [9.17, 15) is 14.4 Å². The number of anilines is 1. The van der Waals surface area contributed by atoms with E-state index >= 15 is 0 Å². The lowest BCUT2D eigenvalue weighted by atomic mass is 10.1. The molecule has 3 rings (SSSR count). The van der Waals surface area contributed by atoms with Crippen LogP contribution in [-0.4, -0.2) is 63.9 Å². The number of nitrogens with zero attached hydrogens (tertiary/aromatic N) is 3. The first-order chi connectivity index (χ1) is 14.3. The fraction of sp³-hybridized carbons (Fsp3) is 0.364. The van der Waals surface area contributed by atoms with E-state index in [0.29, 0.717) is 24.5 Å². The molecule has 2 heterocycles. The molecular weight excluding hydrogens is 384 g/mol. The highest BCUT2D eigenvalue weighted by Gasteiger charge is 2.30. The number of hydrogen-bond donors (Lipinski definition) is 2. The van der Waals surface area contributed by atoms with E-state index in [1.54, 1.807) is 47.2 Å². The van der Waals surface area contributed by atoms with Crippen molar-refractivity contribution in [1.29, 1.82) is 0 Å². The van der Waals surface area contributed by atoms with E-state index in [0.717, 1.165) is 12.0 Å². The first kappa shape index (κ1) is 21.3. The molecule has 0 saturated carbocycles. The van der Waals surface area contributed by atoms with Gasteiger partial charge in [0.05, 0.1) is 17.2 Å². The molecule has 30 heavy (non-hydrogen) atoms. The van der Waals surface area contributed by atoms with Crippen molar-refractivity contribution in [3.63, 3.8) is 0 Å². The molecule has 1 fully saturated rings. The molecule has 8 nitrogen and oxygen atoms in total. The summed E-state index contributed by atoms with van der Waals surface area (Å²) < 4.78 is 0. The number of carbonyl (C=O) groups is 3.